The first-order valence-corrected chi connectivity index (χ1v) is 8.02. The van der Waals surface area contributed by atoms with Gasteiger partial charge in [-0.1, -0.05) is 21.1 Å². The molecule has 1 aromatic carbocycles. The molecule has 0 bridgehead atoms. The van der Waals surface area contributed by atoms with Gasteiger partial charge in [0.2, 0.25) is 0 Å². The summed E-state index contributed by atoms with van der Waals surface area (Å²) in [5, 5.41) is 7.88. The molecule has 0 aliphatic carbocycles. The van der Waals surface area contributed by atoms with E-state index in [-0.39, 0.29) is 11.9 Å². The number of nitrogens with zero attached hydrogens (tertiary/aromatic N) is 2. The molecule has 0 saturated carbocycles. The van der Waals surface area contributed by atoms with Crippen molar-refractivity contribution in [1.29, 1.82) is 0 Å². The molecule has 0 spiro atoms. The van der Waals surface area contributed by atoms with E-state index in [1.165, 1.54) is 0 Å². The van der Waals surface area contributed by atoms with Gasteiger partial charge in [-0.3, -0.25) is 0 Å². The largest absolute Gasteiger partial charge is 0.422 e. The number of benzene rings is 1. The van der Waals surface area contributed by atoms with Crippen LogP contribution >= 0.6 is 15.9 Å². The van der Waals surface area contributed by atoms with Crippen LogP contribution in [0.25, 0.3) is 22.4 Å². The Morgan fingerprint density at radius 1 is 1.39 bits per heavy atom. The van der Waals surface area contributed by atoms with Crippen molar-refractivity contribution in [2.24, 2.45) is 0 Å². The van der Waals surface area contributed by atoms with Gasteiger partial charge in [0.05, 0.1) is 0 Å². The lowest BCUT2D eigenvalue weighted by Gasteiger charge is -2.05. The van der Waals surface area contributed by atoms with E-state index in [4.69, 9.17) is 8.94 Å². The summed E-state index contributed by atoms with van der Waals surface area (Å²) in [6.07, 6.45) is 0.615. The molecule has 1 unspecified atom stereocenters. The third-order valence-corrected chi connectivity index (χ3v) is 4.28. The van der Waals surface area contributed by atoms with E-state index in [0.717, 1.165) is 15.4 Å². The topological polar surface area (TPSA) is 81.2 Å². The number of halogens is 1. The molecule has 2 heterocycles. The highest BCUT2D eigenvalue weighted by molar-refractivity contribution is 9.10. The highest BCUT2D eigenvalue weighted by Crippen LogP contribution is 2.27. The van der Waals surface area contributed by atoms with Crippen molar-refractivity contribution in [1.82, 2.24) is 15.5 Å². The number of nitrogens with one attached hydrogen (secondary N) is 1. The molecule has 0 aliphatic heterocycles. The van der Waals surface area contributed by atoms with Crippen LogP contribution in [-0.2, 0) is 6.42 Å². The minimum Gasteiger partial charge on any atom is -0.422 e. The molecule has 0 amide bonds. The molecule has 0 aliphatic rings. The van der Waals surface area contributed by atoms with Gasteiger partial charge in [-0.25, -0.2) is 4.79 Å². The van der Waals surface area contributed by atoms with Gasteiger partial charge >= 0.3 is 5.63 Å². The Kier molecular flexibility index (Phi) is 4.32. The highest BCUT2D eigenvalue weighted by Gasteiger charge is 2.20. The number of likely N-dealkylation sites (N-methyl/N-ethyl adjacent to an activating group) is 1. The average molecular weight is 378 g/mol. The Bertz CT molecular complexity index is 917. The van der Waals surface area contributed by atoms with Gasteiger partial charge in [0.1, 0.15) is 11.1 Å². The molecule has 0 saturated heterocycles. The monoisotopic (exact) mass is 377 g/mol. The number of hydrogen-bond acceptors (Lipinski definition) is 6. The van der Waals surface area contributed by atoms with Crippen LogP contribution in [-0.4, -0.2) is 23.2 Å². The number of hydrogen-bond donors (Lipinski definition) is 1. The maximum atomic E-state index is 12.3. The second-order valence-electron chi connectivity index (χ2n) is 5.44. The fourth-order valence-corrected chi connectivity index (χ4v) is 2.75. The molecule has 3 rings (SSSR count). The molecule has 1 N–H and O–H groups in total. The summed E-state index contributed by atoms with van der Waals surface area (Å²) in [5.41, 5.74) is 1.12. The molecule has 23 heavy (non-hydrogen) atoms. The van der Waals surface area contributed by atoms with Crippen molar-refractivity contribution in [3.63, 3.8) is 0 Å². The zero-order valence-corrected chi connectivity index (χ0v) is 14.6. The van der Waals surface area contributed by atoms with Crippen LogP contribution < -0.4 is 10.9 Å². The molecule has 6 nitrogen and oxygen atoms in total. The van der Waals surface area contributed by atoms with Crippen LogP contribution in [0.1, 0.15) is 18.3 Å². The van der Waals surface area contributed by atoms with Gasteiger partial charge < -0.3 is 14.3 Å². The van der Waals surface area contributed by atoms with Crippen molar-refractivity contribution >= 4 is 26.9 Å². The molecule has 3 aromatic rings. The number of aromatic nitrogens is 2. The van der Waals surface area contributed by atoms with Gasteiger partial charge in [-0.15, -0.1) is 0 Å². The van der Waals surface area contributed by atoms with Crippen LogP contribution in [0.15, 0.2) is 36.4 Å². The van der Waals surface area contributed by atoms with E-state index in [9.17, 15) is 4.79 Å². The van der Waals surface area contributed by atoms with Gasteiger partial charge in [0.15, 0.2) is 5.82 Å². The van der Waals surface area contributed by atoms with Crippen LogP contribution in [0.2, 0.25) is 0 Å². The second kappa shape index (κ2) is 6.25. The summed E-state index contributed by atoms with van der Waals surface area (Å²) >= 11 is 3.43. The van der Waals surface area contributed by atoms with Crippen LogP contribution in [0.4, 0.5) is 0 Å². The summed E-state index contributed by atoms with van der Waals surface area (Å²) in [7, 11) is 1.87. The van der Waals surface area contributed by atoms with Crippen molar-refractivity contribution in [3.8, 4) is 11.5 Å². The van der Waals surface area contributed by atoms with E-state index in [1.54, 1.807) is 6.07 Å². The number of fused-ring (bicyclic) bond motifs is 1. The Morgan fingerprint density at radius 3 is 2.91 bits per heavy atom. The second-order valence-corrected chi connectivity index (χ2v) is 6.36. The van der Waals surface area contributed by atoms with Crippen LogP contribution in [0.5, 0.6) is 0 Å². The van der Waals surface area contributed by atoms with Gasteiger partial charge in [-0.2, -0.15) is 4.98 Å². The first-order chi connectivity index (χ1) is 11.0. The molecule has 2 aromatic heterocycles. The summed E-state index contributed by atoms with van der Waals surface area (Å²) in [6.45, 7) is 3.87. The van der Waals surface area contributed by atoms with Crippen molar-refractivity contribution in [2.45, 2.75) is 26.3 Å². The van der Waals surface area contributed by atoms with Crippen molar-refractivity contribution in [3.05, 3.63) is 44.5 Å². The first-order valence-electron chi connectivity index (χ1n) is 7.22. The van der Waals surface area contributed by atoms with Crippen molar-refractivity contribution in [2.75, 3.05) is 7.05 Å². The Balaban J connectivity index is 2.11. The molecule has 0 radical (unpaired) electrons. The Morgan fingerprint density at radius 2 is 2.17 bits per heavy atom. The molecular formula is C16H16BrN3O3. The lowest BCUT2D eigenvalue weighted by atomic mass is 10.1. The molecule has 7 heteroatoms. The highest BCUT2D eigenvalue weighted by atomic mass is 79.9. The quantitative estimate of drug-likeness (QED) is 0.703. The minimum absolute atomic E-state index is 0.191. The summed E-state index contributed by atoms with van der Waals surface area (Å²) in [4.78, 5) is 16.6. The lowest BCUT2D eigenvalue weighted by Crippen LogP contribution is -2.24. The molecular weight excluding hydrogens is 362 g/mol. The van der Waals surface area contributed by atoms with E-state index >= 15 is 0 Å². The van der Waals surface area contributed by atoms with Crippen LogP contribution in [0, 0.1) is 6.92 Å². The normalized spacial score (nSPS) is 12.7. The zero-order valence-electron chi connectivity index (χ0n) is 13.0. The molecule has 0 fully saturated rings. The maximum absolute atomic E-state index is 12.3. The zero-order chi connectivity index (χ0) is 16.6. The fourth-order valence-electron chi connectivity index (χ4n) is 2.38. The van der Waals surface area contributed by atoms with E-state index in [0.29, 0.717) is 23.4 Å². The number of rotatable bonds is 4. The molecule has 1 atom stereocenters. The summed E-state index contributed by atoms with van der Waals surface area (Å²) < 4.78 is 11.6. The van der Waals surface area contributed by atoms with Gasteiger partial charge in [-0.05, 0) is 44.7 Å². The van der Waals surface area contributed by atoms with Gasteiger partial charge in [0.25, 0.3) is 5.89 Å². The van der Waals surface area contributed by atoms with E-state index in [1.807, 2.05) is 33.0 Å². The van der Waals surface area contributed by atoms with Crippen molar-refractivity contribution < 1.29 is 8.94 Å². The lowest BCUT2D eigenvalue weighted by molar-refractivity contribution is 0.415. The minimum atomic E-state index is -0.478. The third kappa shape index (κ3) is 3.07. The average Bonchev–Trinajstić information content (AvgIpc) is 2.96. The van der Waals surface area contributed by atoms with E-state index < -0.39 is 5.63 Å². The maximum Gasteiger partial charge on any atom is 0.349 e. The standard InChI is InChI=1S/C16H16BrN3O3/c1-8(18-3)6-13-19-15(23-20-13)14-9(2)11-7-10(17)4-5-12(11)22-16(14)21/h4-5,7-8,18H,6H2,1-3H3. The third-order valence-electron chi connectivity index (χ3n) is 3.79. The fraction of sp³-hybridized carbons (Fsp3) is 0.312. The smallest absolute Gasteiger partial charge is 0.349 e. The first kappa shape index (κ1) is 15.9. The summed E-state index contributed by atoms with van der Waals surface area (Å²) in [5.74, 6) is 0.742. The Labute approximate surface area is 141 Å². The summed E-state index contributed by atoms with van der Waals surface area (Å²) in [6, 6.07) is 5.70. The van der Waals surface area contributed by atoms with E-state index in [2.05, 4.69) is 31.4 Å². The molecule has 120 valence electrons. The van der Waals surface area contributed by atoms with Gasteiger partial charge in [0, 0.05) is 22.3 Å². The Hall–Kier alpha value is -1.99. The number of aryl methyl sites for hydroxylation is 1. The van der Waals surface area contributed by atoms with Crippen LogP contribution in [0.3, 0.4) is 0 Å². The predicted molar refractivity (Wildman–Crippen MR) is 90.4 cm³/mol. The SMILES string of the molecule is CNC(C)Cc1noc(-c2c(C)c3cc(Br)ccc3oc2=O)n1. The predicted octanol–water partition coefficient (Wildman–Crippen LogP) is 3.06.